The smallest absolute Gasteiger partial charge is 0.145 e. The molecule has 2 nitrogen and oxygen atoms in total. The summed E-state index contributed by atoms with van der Waals surface area (Å²) in [7, 11) is 0. The molecule has 2 heteroatoms. The molecule has 13 rings (SSSR count). The van der Waals surface area contributed by atoms with E-state index in [2.05, 4.69) is 211 Å². The van der Waals surface area contributed by atoms with E-state index in [1.807, 2.05) is 0 Å². The zero-order valence-corrected chi connectivity index (χ0v) is 32.0. The quantitative estimate of drug-likeness (QED) is 0.164. The van der Waals surface area contributed by atoms with Crippen molar-refractivity contribution in [3.8, 4) is 39.3 Å². The van der Waals surface area contributed by atoms with Gasteiger partial charge in [-0.15, -0.1) is 0 Å². The van der Waals surface area contributed by atoms with E-state index in [4.69, 9.17) is 4.98 Å². The zero-order chi connectivity index (χ0) is 38.6. The van der Waals surface area contributed by atoms with Crippen LogP contribution in [0.1, 0.15) is 0 Å². The van der Waals surface area contributed by atoms with Crippen molar-refractivity contribution in [1.82, 2.24) is 9.55 Å². The number of imidazole rings is 1. The molecule has 0 radical (unpaired) electrons. The molecule has 272 valence electrons. The first-order valence-electron chi connectivity index (χ1n) is 20.4. The van der Waals surface area contributed by atoms with Gasteiger partial charge in [0.1, 0.15) is 5.82 Å². The molecule has 12 aromatic carbocycles. The van der Waals surface area contributed by atoms with Crippen molar-refractivity contribution >= 4 is 86.4 Å². The van der Waals surface area contributed by atoms with Crippen molar-refractivity contribution in [2.24, 2.45) is 0 Å². The molecule has 0 aliphatic rings. The van der Waals surface area contributed by atoms with Gasteiger partial charge in [0.15, 0.2) is 0 Å². The van der Waals surface area contributed by atoms with Crippen LogP contribution in [0.15, 0.2) is 206 Å². The number of rotatable bonds is 4. The van der Waals surface area contributed by atoms with Gasteiger partial charge in [0.05, 0.1) is 11.0 Å². The van der Waals surface area contributed by atoms with E-state index in [1.54, 1.807) is 0 Å². The minimum atomic E-state index is 0.941. The van der Waals surface area contributed by atoms with Crippen molar-refractivity contribution < 1.29 is 0 Å². The highest BCUT2D eigenvalue weighted by molar-refractivity contribution is 6.37. The molecule has 13 aromatic rings. The van der Waals surface area contributed by atoms with Crippen LogP contribution >= 0.6 is 0 Å². The lowest BCUT2D eigenvalue weighted by molar-refractivity contribution is 1.10. The Labute approximate surface area is 340 Å². The van der Waals surface area contributed by atoms with Gasteiger partial charge in [-0.25, -0.2) is 4.98 Å². The molecule has 0 N–H and O–H groups in total. The summed E-state index contributed by atoms with van der Waals surface area (Å²) >= 11 is 0. The molecule has 0 bridgehead atoms. The Kier molecular flexibility index (Phi) is 6.76. The Morgan fingerprint density at radius 1 is 0.305 bits per heavy atom. The Morgan fingerprint density at radius 3 is 1.46 bits per heavy atom. The average Bonchev–Trinajstić information content (AvgIpc) is 3.70. The molecule has 1 heterocycles. The Hall–Kier alpha value is -7.81. The summed E-state index contributed by atoms with van der Waals surface area (Å²) in [6.07, 6.45) is 0. The van der Waals surface area contributed by atoms with Crippen molar-refractivity contribution in [3.63, 3.8) is 0 Å². The van der Waals surface area contributed by atoms with Gasteiger partial charge in [0.25, 0.3) is 0 Å². The summed E-state index contributed by atoms with van der Waals surface area (Å²) in [4.78, 5) is 5.07. The highest BCUT2D eigenvalue weighted by atomic mass is 15.1. The van der Waals surface area contributed by atoms with Crippen LogP contribution in [-0.4, -0.2) is 9.55 Å². The van der Waals surface area contributed by atoms with Gasteiger partial charge in [0.2, 0.25) is 0 Å². The van der Waals surface area contributed by atoms with Crippen molar-refractivity contribution in [3.05, 3.63) is 206 Å². The van der Waals surface area contributed by atoms with Crippen LogP contribution in [-0.2, 0) is 0 Å². The average molecular weight is 747 g/mol. The third kappa shape index (κ3) is 4.72. The van der Waals surface area contributed by atoms with Crippen LogP contribution in [0, 0.1) is 0 Å². The van der Waals surface area contributed by atoms with E-state index >= 15 is 0 Å². The second kappa shape index (κ2) is 12.3. The third-order valence-electron chi connectivity index (χ3n) is 12.7. The molecule has 1 aromatic heterocycles. The van der Waals surface area contributed by atoms with Crippen molar-refractivity contribution in [2.75, 3.05) is 0 Å². The Balaban J connectivity index is 1.02. The number of para-hydroxylation sites is 2. The van der Waals surface area contributed by atoms with E-state index in [1.165, 1.54) is 97.7 Å². The predicted molar refractivity (Wildman–Crippen MR) is 251 cm³/mol. The maximum Gasteiger partial charge on any atom is 0.145 e. The molecule has 0 saturated heterocycles. The molecule has 0 aliphatic heterocycles. The van der Waals surface area contributed by atoms with Crippen LogP contribution in [0.4, 0.5) is 0 Å². The summed E-state index contributed by atoms with van der Waals surface area (Å²) < 4.78 is 2.28. The second-order valence-corrected chi connectivity index (χ2v) is 15.8. The summed E-state index contributed by atoms with van der Waals surface area (Å²) in [5, 5.41) is 18.0. The molecule has 0 fully saturated rings. The lowest BCUT2D eigenvalue weighted by Gasteiger charge is -2.18. The highest BCUT2D eigenvalue weighted by Gasteiger charge is 2.19. The SMILES string of the molecule is c1ccc(-c2nc3ccccc3n2-c2ccc(-c3ccc(-c4cc5ccc6cccc7c8cccc9ccc%10cccc(c(c4)c5c67)c%10c98)c4ccccc34)cc2)cc1. The molecular weight excluding hydrogens is 713 g/mol. The maximum atomic E-state index is 5.07. The number of aromatic nitrogens is 2. The summed E-state index contributed by atoms with van der Waals surface area (Å²) in [6, 6.07) is 75.9. The second-order valence-electron chi connectivity index (χ2n) is 15.8. The lowest BCUT2D eigenvalue weighted by Crippen LogP contribution is -1.97. The normalized spacial score (nSPS) is 12.1. The first-order chi connectivity index (χ1) is 29.3. The lowest BCUT2D eigenvalue weighted by atomic mass is 9.85. The molecule has 59 heavy (non-hydrogen) atoms. The van der Waals surface area contributed by atoms with Crippen molar-refractivity contribution in [2.45, 2.75) is 0 Å². The van der Waals surface area contributed by atoms with Crippen LogP contribution in [0.3, 0.4) is 0 Å². The molecular formula is C57H34N2. The van der Waals surface area contributed by atoms with Gasteiger partial charge < -0.3 is 0 Å². The summed E-state index contributed by atoms with van der Waals surface area (Å²) in [5.41, 5.74) is 9.11. The first kappa shape index (κ1) is 32.3. The van der Waals surface area contributed by atoms with E-state index in [0.717, 1.165) is 28.1 Å². The minimum absolute atomic E-state index is 0.941. The molecule has 0 spiro atoms. The Morgan fingerprint density at radius 2 is 0.814 bits per heavy atom. The van der Waals surface area contributed by atoms with Gasteiger partial charge in [-0.05, 0) is 134 Å². The monoisotopic (exact) mass is 746 g/mol. The van der Waals surface area contributed by atoms with E-state index in [-0.39, 0.29) is 0 Å². The number of nitrogens with zero attached hydrogens (tertiary/aromatic N) is 2. The van der Waals surface area contributed by atoms with Gasteiger partial charge in [-0.3, -0.25) is 4.57 Å². The van der Waals surface area contributed by atoms with Crippen molar-refractivity contribution in [1.29, 1.82) is 0 Å². The summed E-state index contributed by atoms with van der Waals surface area (Å²) in [5.74, 6) is 0.941. The highest BCUT2D eigenvalue weighted by Crippen LogP contribution is 2.45. The Bertz CT molecular complexity index is 3810. The molecule has 0 atom stereocenters. The molecule has 0 amide bonds. The van der Waals surface area contributed by atoms with Gasteiger partial charge in [-0.2, -0.15) is 0 Å². The number of hydrogen-bond donors (Lipinski definition) is 0. The first-order valence-corrected chi connectivity index (χ1v) is 20.4. The van der Waals surface area contributed by atoms with Gasteiger partial charge >= 0.3 is 0 Å². The predicted octanol–water partition coefficient (Wildman–Crippen LogP) is 15.5. The zero-order valence-electron chi connectivity index (χ0n) is 32.0. The van der Waals surface area contributed by atoms with Crippen LogP contribution in [0.25, 0.3) is 126 Å². The van der Waals surface area contributed by atoms with Crippen LogP contribution in [0.2, 0.25) is 0 Å². The van der Waals surface area contributed by atoms with E-state index < -0.39 is 0 Å². The van der Waals surface area contributed by atoms with Gasteiger partial charge in [-0.1, -0.05) is 170 Å². The van der Waals surface area contributed by atoms with Gasteiger partial charge in [0, 0.05) is 11.3 Å². The number of benzene rings is 11. The van der Waals surface area contributed by atoms with E-state index in [9.17, 15) is 0 Å². The fraction of sp³-hybridized carbons (Fsp3) is 0. The molecule has 0 saturated carbocycles. The fourth-order valence-corrected chi connectivity index (χ4v) is 10.1. The topological polar surface area (TPSA) is 17.8 Å². The van der Waals surface area contributed by atoms with Crippen LogP contribution in [0.5, 0.6) is 0 Å². The summed E-state index contributed by atoms with van der Waals surface area (Å²) in [6.45, 7) is 0. The number of fused-ring (bicyclic) bond motifs is 4. The number of hydrogen-bond acceptors (Lipinski definition) is 1. The third-order valence-corrected chi connectivity index (χ3v) is 12.7. The fourth-order valence-electron chi connectivity index (χ4n) is 10.1. The van der Waals surface area contributed by atoms with E-state index in [0.29, 0.717) is 0 Å². The minimum Gasteiger partial charge on any atom is -0.292 e. The molecule has 0 unspecified atom stereocenters. The molecule has 0 aliphatic carbocycles. The largest absolute Gasteiger partial charge is 0.292 e. The van der Waals surface area contributed by atoms with Crippen LogP contribution < -0.4 is 0 Å². The standard InChI is InChI=1S/C57H34N2/c1-2-11-39(12-3-1)57-58-51-21-6-7-22-52(51)59(57)42-29-27-35(28-30-42)43-31-32-44(46-17-5-4-16-45(43)46)41-33-40-26-25-38-14-9-19-48-47-18-8-13-36-23-24-37-15-10-20-49(55(37)53(36)47)50(34-41)56(40)54(38)48/h1-34H. The maximum absolute atomic E-state index is 5.07.